The molecule has 0 saturated carbocycles. The summed E-state index contributed by atoms with van der Waals surface area (Å²) in [4.78, 5) is 34.7. The fraction of sp³-hybridized carbons (Fsp3) is 0.292. The number of benzene rings is 1. The van der Waals surface area contributed by atoms with Crippen LogP contribution in [0.3, 0.4) is 0 Å². The monoisotopic (exact) mass is 496 g/mol. The van der Waals surface area contributed by atoms with E-state index in [1.807, 2.05) is 0 Å². The molecule has 1 unspecified atom stereocenters. The molecule has 4 heterocycles. The van der Waals surface area contributed by atoms with Crippen molar-refractivity contribution in [3.8, 4) is 11.4 Å². The fourth-order valence-corrected chi connectivity index (χ4v) is 4.29. The van der Waals surface area contributed by atoms with Gasteiger partial charge in [-0.2, -0.15) is 4.98 Å². The normalized spacial score (nSPS) is 15.8. The summed E-state index contributed by atoms with van der Waals surface area (Å²) in [6.45, 7) is 2.20. The molecule has 10 nitrogen and oxygen atoms in total. The van der Waals surface area contributed by atoms with Crippen LogP contribution in [0.15, 0.2) is 41.2 Å². The van der Waals surface area contributed by atoms with Gasteiger partial charge in [0.25, 0.3) is 5.91 Å². The Morgan fingerprint density at radius 2 is 2.11 bits per heavy atom. The highest BCUT2D eigenvalue weighted by Gasteiger charge is 2.30. The second-order valence-corrected chi connectivity index (χ2v) is 8.46. The lowest BCUT2D eigenvalue weighted by molar-refractivity contribution is 0.102. The van der Waals surface area contributed by atoms with E-state index >= 15 is 4.39 Å². The van der Waals surface area contributed by atoms with Crippen molar-refractivity contribution < 1.29 is 27.6 Å². The van der Waals surface area contributed by atoms with Crippen LogP contribution in [0.1, 0.15) is 40.7 Å². The minimum Gasteiger partial charge on any atom is -0.453 e. The SMILES string of the molecule is COC(=O)N1CCCC(c2nc(-c3cc(F)c(C)c(NC(=O)c4cnc5ccccn45)c3F)no2)C1. The third-order valence-electron chi connectivity index (χ3n) is 6.23. The van der Waals surface area contributed by atoms with Crippen LogP contribution in [0.4, 0.5) is 19.3 Å². The largest absolute Gasteiger partial charge is 0.453 e. The standard InChI is InChI=1S/C24H22F2N6O4/c1-13-16(25)10-15(21-29-23(36-30-21)14-6-5-8-31(12-14)24(34)35-2)19(26)20(13)28-22(33)17-11-27-18-7-3-4-9-32(17)18/h3-4,7,9-11,14H,5-6,8,12H2,1-2H3,(H,28,33). The Morgan fingerprint density at radius 3 is 2.92 bits per heavy atom. The van der Waals surface area contributed by atoms with Gasteiger partial charge in [0.05, 0.1) is 30.5 Å². The molecule has 3 aromatic heterocycles. The number of hydrogen-bond donors (Lipinski definition) is 1. The molecule has 12 heteroatoms. The molecule has 36 heavy (non-hydrogen) atoms. The van der Waals surface area contributed by atoms with Crippen LogP contribution in [-0.2, 0) is 4.74 Å². The number of methoxy groups -OCH3 is 1. The summed E-state index contributed by atoms with van der Waals surface area (Å²) in [5.74, 6) is -2.54. The average Bonchev–Trinajstić information content (AvgIpc) is 3.56. The van der Waals surface area contributed by atoms with Gasteiger partial charge in [-0.15, -0.1) is 0 Å². The first-order chi connectivity index (χ1) is 17.4. The van der Waals surface area contributed by atoms with E-state index in [9.17, 15) is 14.0 Å². The number of rotatable bonds is 4. The molecule has 2 amide bonds. The van der Waals surface area contributed by atoms with Crippen LogP contribution in [0.5, 0.6) is 0 Å². The Bertz CT molecular complexity index is 1470. The molecular weight excluding hydrogens is 474 g/mol. The summed E-state index contributed by atoms with van der Waals surface area (Å²) in [6, 6.07) is 6.17. The summed E-state index contributed by atoms with van der Waals surface area (Å²) in [5, 5.41) is 6.30. The summed E-state index contributed by atoms with van der Waals surface area (Å²) in [5.41, 5.74) is 0.0178. The Hall–Kier alpha value is -4.35. The molecule has 0 radical (unpaired) electrons. The van der Waals surface area contributed by atoms with Crippen LogP contribution in [0.25, 0.3) is 17.0 Å². The van der Waals surface area contributed by atoms with Gasteiger partial charge in [0.1, 0.15) is 17.2 Å². The van der Waals surface area contributed by atoms with Gasteiger partial charge in [-0.25, -0.2) is 18.6 Å². The number of pyridine rings is 1. The third kappa shape index (κ3) is 4.14. The van der Waals surface area contributed by atoms with E-state index in [-0.39, 0.29) is 40.1 Å². The van der Waals surface area contributed by atoms with Crippen LogP contribution < -0.4 is 5.32 Å². The van der Waals surface area contributed by atoms with Crippen molar-refractivity contribution in [2.45, 2.75) is 25.7 Å². The number of carbonyl (C=O) groups is 2. The topological polar surface area (TPSA) is 115 Å². The number of carbonyl (C=O) groups excluding carboxylic acids is 2. The smallest absolute Gasteiger partial charge is 0.409 e. The number of amides is 2. The lowest BCUT2D eigenvalue weighted by atomic mass is 9.98. The van der Waals surface area contributed by atoms with E-state index in [1.165, 1.54) is 29.5 Å². The predicted molar refractivity (Wildman–Crippen MR) is 123 cm³/mol. The summed E-state index contributed by atoms with van der Waals surface area (Å²) in [7, 11) is 1.30. The molecule has 1 aliphatic heterocycles. The highest BCUT2D eigenvalue weighted by molar-refractivity contribution is 6.04. The molecule has 1 fully saturated rings. The van der Waals surface area contributed by atoms with Gasteiger partial charge in [0.2, 0.25) is 11.7 Å². The molecule has 1 atom stereocenters. The second-order valence-electron chi connectivity index (χ2n) is 8.46. The molecule has 1 aliphatic rings. The minimum absolute atomic E-state index is 0.0804. The number of aromatic nitrogens is 4. The molecule has 1 N–H and O–H groups in total. The van der Waals surface area contributed by atoms with Gasteiger partial charge in [0, 0.05) is 24.8 Å². The zero-order valence-corrected chi connectivity index (χ0v) is 19.5. The second kappa shape index (κ2) is 9.36. The molecule has 186 valence electrons. The van der Waals surface area contributed by atoms with Gasteiger partial charge in [-0.3, -0.25) is 9.20 Å². The number of fused-ring (bicyclic) bond motifs is 1. The Balaban J connectivity index is 1.44. The first kappa shape index (κ1) is 23.4. The molecule has 1 saturated heterocycles. The number of hydrogen-bond acceptors (Lipinski definition) is 7. The molecule has 1 aromatic carbocycles. The van der Waals surface area contributed by atoms with E-state index in [0.717, 1.165) is 6.07 Å². The number of halogens is 2. The summed E-state index contributed by atoms with van der Waals surface area (Å²) < 4.78 is 42.1. The van der Waals surface area contributed by atoms with Gasteiger partial charge in [-0.1, -0.05) is 11.2 Å². The Morgan fingerprint density at radius 1 is 1.28 bits per heavy atom. The quantitative estimate of drug-likeness (QED) is 0.451. The van der Waals surface area contributed by atoms with E-state index in [2.05, 4.69) is 20.4 Å². The van der Waals surface area contributed by atoms with Crippen molar-refractivity contribution in [1.82, 2.24) is 24.4 Å². The molecule has 4 aromatic rings. The highest BCUT2D eigenvalue weighted by atomic mass is 19.1. The Labute approximate surface area is 203 Å². The van der Waals surface area contributed by atoms with Gasteiger partial charge in [-0.05, 0) is 38.0 Å². The minimum atomic E-state index is -0.900. The van der Waals surface area contributed by atoms with Crippen molar-refractivity contribution in [2.75, 3.05) is 25.5 Å². The van der Waals surface area contributed by atoms with Gasteiger partial charge < -0.3 is 19.5 Å². The van der Waals surface area contributed by atoms with Gasteiger partial charge >= 0.3 is 6.09 Å². The maximum Gasteiger partial charge on any atom is 0.409 e. The number of likely N-dealkylation sites (tertiary alicyclic amines) is 1. The lowest BCUT2D eigenvalue weighted by Crippen LogP contribution is -2.39. The van der Waals surface area contributed by atoms with Crippen molar-refractivity contribution >= 4 is 23.3 Å². The van der Waals surface area contributed by atoms with Crippen LogP contribution in [-0.4, -0.2) is 56.6 Å². The van der Waals surface area contributed by atoms with E-state index < -0.39 is 23.6 Å². The van der Waals surface area contributed by atoms with Crippen LogP contribution in [0, 0.1) is 18.6 Å². The predicted octanol–water partition coefficient (Wildman–Crippen LogP) is 4.17. The number of ether oxygens (including phenoxy) is 1. The maximum atomic E-state index is 15.6. The first-order valence-corrected chi connectivity index (χ1v) is 11.3. The fourth-order valence-electron chi connectivity index (χ4n) is 4.29. The average molecular weight is 496 g/mol. The lowest BCUT2D eigenvalue weighted by Gasteiger charge is -2.29. The van der Waals surface area contributed by atoms with Crippen molar-refractivity contribution in [3.05, 3.63) is 65.4 Å². The number of piperidine rings is 1. The maximum absolute atomic E-state index is 15.6. The number of nitrogens with zero attached hydrogens (tertiary/aromatic N) is 5. The van der Waals surface area contributed by atoms with Crippen molar-refractivity contribution in [3.63, 3.8) is 0 Å². The molecular formula is C24H22F2N6O4. The van der Waals surface area contributed by atoms with Gasteiger partial charge in [0.15, 0.2) is 5.82 Å². The summed E-state index contributed by atoms with van der Waals surface area (Å²) in [6.07, 6.45) is 3.92. The molecule has 0 spiro atoms. The zero-order chi connectivity index (χ0) is 25.4. The molecule has 5 rings (SSSR count). The van der Waals surface area contributed by atoms with E-state index in [4.69, 9.17) is 9.26 Å². The highest BCUT2D eigenvalue weighted by Crippen LogP contribution is 2.33. The zero-order valence-electron chi connectivity index (χ0n) is 19.5. The molecule has 0 bridgehead atoms. The number of nitrogens with one attached hydrogen (secondary N) is 1. The number of anilines is 1. The van der Waals surface area contributed by atoms with Crippen molar-refractivity contribution in [2.24, 2.45) is 0 Å². The Kier molecular flexibility index (Phi) is 6.08. The van der Waals surface area contributed by atoms with Crippen molar-refractivity contribution in [1.29, 1.82) is 0 Å². The number of imidazole rings is 1. The van der Waals surface area contributed by atoms with E-state index in [1.54, 1.807) is 24.4 Å². The third-order valence-corrected chi connectivity index (χ3v) is 6.23. The first-order valence-electron chi connectivity index (χ1n) is 11.3. The van der Waals surface area contributed by atoms with E-state index in [0.29, 0.717) is 31.6 Å². The van der Waals surface area contributed by atoms with Crippen LogP contribution in [0.2, 0.25) is 0 Å². The summed E-state index contributed by atoms with van der Waals surface area (Å²) >= 11 is 0. The molecule has 0 aliphatic carbocycles. The van der Waals surface area contributed by atoms with Crippen LogP contribution >= 0.6 is 0 Å².